The highest BCUT2D eigenvalue weighted by Crippen LogP contribution is 2.13. The lowest BCUT2D eigenvalue weighted by molar-refractivity contribution is 0.100. The van der Waals surface area contributed by atoms with Crippen molar-refractivity contribution in [3.8, 4) is 0 Å². The van der Waals surface area contributed by atoms with Crippen molar-refractivity contribution in [2.75, 3.05) is 11.9 Å². The number of benzene rings is 1. The van der Waals surface area contributed by atoms with E-state index in [9.17, 15) is 9.59 Å². The maximum Gasteiger partial charge on any atom is 0.319 e. The largest absolute Gasteiger partial charge is 0.366 e. The highest BCUT2D eigenvalue weighted by molar-refractivity contribution is 6.02. The Labute approximate surface area is 87.7 Å². The highest BCUT2D eigenvalue weighted by Gasteiger charge is 2.08. The molecule has 0 aliphatic carbocycles. The number of urea groups is 1. The van der Waals surface area contributed by atoms with Crippen molar-refractivity contribution in [2.45, 2.75) is 6.92 Å². The first-order chi connectivity index (χ1) is 7.15. The van der Waals surface area contributed by atoms with Crippen LogP contribution in [0.25, 0.3) is 0 Å². The third kappa shape index (κ3) is 2.98. The zero-order valence-electron chi connectivity index (χ0n) is 8.41. The van der Waals surface area contributed by atoms with Crippen LogP contribution in [-0.4, -0.2) is 18.5 Å². The second kappa shape index (κ2) is 4.99. The molecule has 0 fully saturated rings. The van der Waals surface area contributed by atoms with E-state index in [4.69, 9.17) is 5.73 Å². The first-order valence-corrected chi connectivity index (χ1v) is 4.58. The van der Waals surface area contributed by atoms with Crippen molar-refractivity contribution in [2.24, 2.45) is 5.73 Å². The van der Waals surface area contributed by atoms with Gasteiger partial charge in [-0.1, -0.05) is 12.1 Å². The number of amides is 3. The van der Waals surface area contributed by atoms with Gasteiger partial charge in [-0.3, -0.25) is 4.79 Å². The van der Waals surface area contributed by atoms with Crippen LogP contribution in [-0.2, 0) is 0 Å². The van der Waals surface area contributed by atoms with Crippen molar-refractivity contribution in [3.05, 3.63) is 29.8 Å². The molecule has 0 bridgehead atoms. The van der Waals surface area contributed by atoms with Crippen LogP contribution in [0.1, 0.15) is 17.3 Å². The van der Waals surface area contributed by atoms with Gasteiger partial charge in [-0.2, -0.15) is 0 Å². The summed E-state index contributed by atoms with van der Waals surface area (Å²) < 4.78 is 0. The van der Waals surface area contributed by atoms with Gasteiger partial charge in [0, 0.05) is 6.54 Å². The Balaban J connectivity index is 2.84. The minimum absolute atomic E-state index is 0.295. The van der Waals surface area contributed by atoms with Crippen molar-refractivity contribution in [1.29, 1.82) is 0 Å². The van der Waals surface area contributed by atoms with Gasteiger partial charge in [0.25, 0.3) is 5.91 Å². The SMILES string of the molecule is CCNC(=O)Nc1ccccc1C(N)=O. The molecule has 0 saturated heterocycles. The van der Waals surface area contributed by atoms with E-state index in [0.29, 0.717) is 17.8 Å². The second-order valence-electron chi connectivity index (χ2n) is 2.89. The average Bonchev–Trinajstić information content (AvgIpc) is 2.18. The molecular weight excluding hydrogens is 194 g/mol. The molecule has 0 spiro atoms. The van der Waals surface area contributed by atoms with E-state index < -0.39 is 5.91 Å². The number of rotatable bonds is 3. The third-order valence-corrected chi connectivity index (χ3v) is 1.78. The fourth-order valence-corrected chi connectivity index (χ4v) is 1.13. The Hall–Kier alpha value is -2.04. The van der Waals surface area contributed by atoms with Crippen LogP contribution >= 0.6 is 0 Å². The fourth-order valence-electron chi connectivity index (χ4n) is 1.13. The monoisotopic (exact) mass is 207 g/mol. The molecule has 1 aromatic rings. The molecule has 5 heteroatoms. The fraction of sp³-hybridized carbons (Fsp3) is 0.200. The van der Waals surface area contributed by atoms with Gasteiger partial charge < -0.3 is 16.4 Å². The quantitative estimate of drug-likeness (QED) is 0.688. The number of carbonyl (C=O) groups is 2. The van der Waals surface area contributed by atoms with E-state index in [2.05, 4.69) is 10.6 Å². The summed E-state index contributed by atoms with van der Waals surface area (Å²) in [6.07, 6.45) is 0. The Bertz CT molecular complexity index is 377. The van der Waals surface area contributed by atoms with Crippen LogP contribution in [0.3, 0.4) is 0 Å². The van der Waals surface area contributed by atoms with E-state index in [-0.39, 0.29) is 6.03 Å². The molecule has 5 nitrogen and oxygen atoms in total. The molecule has 0 aliphatic heterocycles. The number of nitrogens with two attached hydrogens (primary N) is 1. The van der Waals surface area contributed by atoms with Crippen LogP contribution in [0, 0.1) is 0 Å². The lowest BCUT2D eigenvalue weighted by atomic mass is 10.1. The number of anilines is 1. The van der Waals surface area contributed by atoms with Crippen molar-refractivity contribution < 1.29 is 9.59 Å². The molecule has 15 heavy (non-hydrogen) atoms. The topological polar surface area (TPSA) is 84.2 Å². The van der Waals surface area contributed by atoms with Gasteiger partial charge in [-0.15, -0.1) is 0 Å². The summed E-state index contributed by atoms with van der Waals surface area (Å²) in [5.41, 5.74) is 5.86. The van der Waals surface area contributed by atoms with Gasteiger partial charge >= 0.3 is 6.03 Å². The molecule has 0 radical (unpaired) electrons. The normalized spacial score (nSPS) is 9.40. The molecule has 0 heterocycles. The first-order valence-electron chi connectivity index (χ1n) is 4.58. The molecule has 1 aromatic carbocycles. The van der Waals surface area contributed by atoms with E-state index >= 15 is 0 Å². The molecular formula is C10H13N3O2. The van der Waals surface area contributed by atoms with E-state index in [1.54, 1.807) is 31.2 Å². The van der Waals surface area contributed by atoms with Gasteiger partial charge in [0.15, 0.2) is 0 Å². The molecule has 1 rings (SSSR count). The minimum Gasteiger partial charge on any atom is -0.366 e. The zero-order chi connectivity index (χ0) is 11.3. The summed E-state index contributed by atoms with van der Waals surface area (Å²) >= 11 is 0. The van der Waals surface area contributed by atoms with E-state index in [0.717, 1.165) is 0 Å². The van der Waals surface area contributed by atoms with Crippen molar-refractivity contribution in [1.82, 2.24) is 5.32 Å². The highest BCUT2D eigenvalue weighted by atomic mass is 16.2. The Morgan fingerprint density at radius 3 is 2.60 bits per heavy atom. The Morgan fingerprint density at radius 1 is 1.33 bits per heavy atom. The van der Waals surface area contributed by atoms with Crippen LogP contribution in [0.5, 0.6) is 0 Å². The smallest absolute Gasteiger partial charge is 0.319 e. The number of hydrogen-bond donors (Lipinski definition) is 3. The van der Waals surface area contributed by atoms with Crippen molar-refractivity contribution in [3.63, 3.8) is 0 Å². The Morgan fingerprint density at radius 2 is 2.00 bits per heavy atom. The standard InChI is InChI=1S/C10H13N3O2/c1-2-12-10(15)13-8-6-4-3-5-7(8)9(11)14/h3-6H,2H2,1H3,(H2,11,14)(H2,12,13,15). The molecule has 4 N–H and O–H groups in total. The summed E-state index contributed by atoms with van der Waals surface area (Å²) in [7, 11) is 0. The van der Waals surface area contributed by atoms with Gasteiger partial charge in [-0.25, -0.2) is 4.79 Å². The molecule has 0 unspecified atom stereocenters. The lowest BCUT2D eigenvalue weighted by Gasteiger charge is -2.08. The summed E-state index contributed by atoms with van der Waals surface area (Å²) in [5.74, 6) is -0.567. The van der Waals surface area contributed by atoms with Crippen LogP contribution in [0.15, 0.2) is 24.3 Å². The van der Waals surface area contributed by atoms with Crippen LogP contribution < -0.4 is 16.4 Å². The third-order valence-electron chi connectivity index (χ3n) is 1.78. The molecule has 0 aliphatic rings. The van der Waals surface area contributed by atoms with Gasteiger partial charge in [-0.05, 0) is 19.1 Å². The van der Waals surface area contributed by atoms with Gasteiger partial charge in [0.05, 0.1) is 11.3 Å². The van der Waals surface area contributed by atoms with E-state index in [1.165, 1.54) is 0 Å². The van der Waals surface area contributed by atoms with Crippen LogP contribution in [0.2, 0.25) is 0 Å². The van der Waals surface area contributed by atoms with Gasteiger partial charge in [0.2, 0.25) is 0 Å². The number of hydrogen-bond acceptors (Lipinski definition) is 2. The summed E-state index contributed by atoms with van der Waals surface area (Å²) in [6, 6.07) is 6.22. The summed E-state index contributed by atoms with van der Waals surface area (Å²) in [5, 5.41) is 5.10. The zero-order valence-corrected chi connectivity index (χ0v) is 8.41. The summed E-state index contributed by atoms with van der Waals surface area (Å²) in [6.45, 7) is 2.32. The number of carbonyl (C=O) groups excluding carboxylic acids is 2. The molecule has 3 amide bonds. The maximum atomic E-state index is 11.2. The average molecular weight is 207 g/mol. The molecule has 0 saturated carbocycles. The molecule has 80 valence electrons. The van der Waals surface area contributed by atoms with Crippen LogP contribution in [0.4, 0.5) is 10.5 Å². The number of para-hydroxylation sites is 1. The molecule has 0 aromatic heterocycles. The maximum absolute atomic E-state index is 11.2. The predicted molar refractivity (Wildman–Crippen MR) is 57.7 cm³/mol. The van der Waals surface area contributed by atoms with Crippen molar-refractivity contribution >= 4 is 17.6 Å². The second-order valence-corrected chi connectivity index (χ2v) is 2.89. The predicted octanol–water partition coefficient (Wildman–Crippen LogP) is 0.927. The minimum atomic E-state index is -0.567. The number of nitrogens with one attached hydrogen (secondary N) is 2. The number of primary amides is 1. The van der Waals surface area contributed by atoms with E-state index in [1.807, 2.05) is 0 Å². The molecule has 0 atom stereocenters. The lowest BCUT2D eigenvalue weighted by Crippen LogP contribution is -2.29. The van der Waals surface area contributed by atoms with Gasteiger partial charge in [0.1, 0.15) is 0 Å². The first kappa shape index (κ1) is 11.0. The summed E-state index contributed by atoms with van der Waals surface area (Å²) in [4.78, 5) is 22.2. The Kier molecular flexibility index (Phi) is 3.68.